The molecule has 0 spiro atoms. The van der Waals surface area contributed by atoms with E-state index in [-0.39, 0.29) is 6.04 Å². The first-order chi connectivity index (χ1) is 14.8. The normalized spacial score (nSPS) is 14.1. The minimum absolute atomic E-state index is 0.0436. The maximum atomic E-state index is 6.42. The maximum absolute atomic E-state index is 6.42. The van der Waals surface area contributed by atoms with Crippen LogP contribution in [0.2, 0.25) is 0 Å². The van der Waals surface area contributed by atoms with E-state index in [0.717, 1.165) is 30.5 Å². The van der Waals surface area contributed by atoms with Gasteiger partial charge in [0.25, 0.3) is 0 Å². The molecule has 30 heavy (non-hydrogen) atoms. The van der Waals surface area contributed by atoms with Gasteiger partial charge in [0.2, 0.25) is 0 Å². The molecule has 0 bridgehead atoms. The molecule has 0 saturated heterocycles. The molecule has 5 rings (SSSR count). The Balaban J connectivity index is 1.47. The minimum Gasteiger partial charge on any atom is -0.370 e. The smallest absolute Gasteiger partial charge is 0.193 e. The molecule has 3 N–H and O–H groups in total. The van der Waals surface area contributed by atoms with Crippen molar-refractivity contribution in [3.8, 4) is 0 Å². The third kappa shape index (κ3) is 3.67. The Morgan fingerprint density at radius 3 is 2.27 bits per heavy atom. The summed E-state index contributed by atoms with van der Waals surface area (Å²) in [6.45, 7) is 0. The number of anilines is 1. The molecule has 1 atom stereocenters. The molecule has 0 fully saturated rings. The van der Waals surface area contributed by atoms with Gasteiger partial charge >= 0.3 is 0 Å². The number of benzene rings is 4. The number of hydrogen-bond donors (Lipinski definition) is 2. The van der Waals surface area contributed by atoms with Gasteiger partial charge in [-0.1, -0.05) is 84.9 Å². The molecule has 0 radical (unpaired) electrons. The van der Waals surface area contributed by atoms with Gasteiger partial charge in [0.05, 0.1) is 6.04 Å². The van der Waals surface area contributed by atoms with Crippen molar-refractivity contribution in [3.05, 3.63) is 113 Å². The molecule has 0 aromatic heterocycles. The molecule has 1 aliphatic carbocycles. The minimum atomic E-state index is -0.0436. The van der Waals surface area contributed by atoms with E-state index >= 15 is 0 Å². The quantitative estimate of drug-likeness (QED) is 0.341. The average molecular weight is 392 g/mol. The van der Waals surface area contributed by atoms with Gasteiger partial charge in [0, 0.05) is 11.1 Å². The predicted molar refractivity (Wildman–Crippen MR) is 126 cm³/mol. The Morgan fingerprint density at radius 2 is 1.50 bits per heavy atom. The molecule has 4 aromatic carbocycles. The zero-order chi connectivity index (χ0) is 20.3. The van der Waals surface area contributed by atoms with Gasteiger partial charge in [-0.15, -0.1) is 0 Å². The first kappa shape index (κ1) is 18.4. The van der Waals surface area contributed by atoms with E-state index in [9.17, 15) is 0 Å². The zero-order valence-electron chi connectivity index (χ0n) is 16.9. The Morgan fingerprint density at radius 1 is 0.800 bits per heavy atom. The molecule has 0 saturated carbocycles. The fourth-order valence-electron chi connectivity index (χ4n) is 4.44. The second-order valence-electron chi connectivity index (χ2n) is 7.87. The predicted octanol–water partition coefficient (Wildman–Crippen LogP) is 5.65. The van der Waals surface area contributed by atoms with Gasteiger partial charge < -0.3 is 11.1 Å². The number of nitrogens with two attached hydrogens (primary N) is 1. The van der Waals surface area contributed by atoms with E-state index in [0.29, 0.717) is 5.96 Å². The lowest BCUT2D eigenvalue weighted by Gasteiger charge is -2.16. The van der Waals surface area contributed by atoms with E-state index < -0.39 is 0 Å². The number of aliphatic imine (C=N–C) groups is 1. The van der Waals surface area contributed by atoms with Crippen LogP contribution in [-0.2, 0) is 19.3 Å². The summed E-state index contributed by atoms with van der Waals surface area (Å²) in [6, 6.07) is 31.6. The van der Waals surface area contributed by atoms with Crippen LogP contribution in [0.15, 0.2) is 96.0 Å². The lowest BCUT2D eigenvalue weighted by molar-refractivity contribution is 0.723. The molecule has 4 aromatic rings. The SMILES string of the molecule is NC(=NC(Cc1ccccc1)c1ccccc1)Nc1ccc2c3c(cccc13)CC2. The summed E-state index contributed by atoms with van der Waals surface area (Å²) < 4.78 is 0. The van der Waals surface area contributed by atoms with Crippen molar-refractivity contribution in [2.24, 2.45) is 10.7 Å². The van der Waals surface area contributed by atoms with Gasteiger partial charge in [-0.3, -0.25) is 0 Å². The van der Waals surface area contributed by atoms with Crippen molar-refractivity contribution in [2.45, 2.75) is 25.3 Å². The van der Waals surface area contributed by atoms with Crippen LogP contribution in [0.3, 0.4) is 0 Å². The molecular formula is C27H25N3. The molecule has 3 heteroatoms. The zero-order valence-corrected chi connectivity index (χ0v) is 16.9. The molecule has 0 amide bonds. The second kappa shape index (κ2) is 8.03. The van der Waals surface area contributed by atoms with Crippen molar-refractivity contribution in [1.29, 1.82) is 0 Å². The maximum Gasteiger partial charge on any atom is 0.193 e. The number of rotatable bonds is 5. The van der Waals surface area contributed by atoms with Crippen LogP contribution >= 0.6 is 0 Å². The number of aryl methyl sites for hydroxylation is 2. The van der Waals surface area contributed by atoms with Crippen molar-refractivity contribution >= 4 is 22.4 Å². The van der Waals surface area contributed by atoms with Crippen LogP contribution in [0.5, 0.6) is 0 Å². The first-order valence-electron chi connectivity index (χ1n) is 10.5. The fourth-order valence-corrected chi connectivity index (χ4v) is 4.44. The topological polar surface area (TPSA) is 50.4 Å². The Bertz CT molecular complexity index is 1190. The molecule has 1 aliphatic rings. The summed E-state index contributed by atoms with van der Waals surface area (Å²) in [4.78, 5) is 4.89. The van der Waals surface area contributed by atoms with Crippen LogP contribution in [0.25, 0.3) is 10.8 Å². The van der Waals surface area contributed by atoms with Crippen LogP contribution in [0.4, 0.5) is 5.69 Å². The van der Waals surface area contributed by atoms with Crippen LogP contribution < -0.4 is 11.1 Å². The highest BCUT2D eigenvalue weighted by atomic mass is 15.1. The summed E-state index contributed by atoms with van der Waals surface area (Å²) in [6.07, 6.45) is 3.04. The Labute approximate surface area is 177 Å². The monoisotopic (exact) mass is 391 g/mol. The van der Waals surface area contributed by atoms with Crippen LogP contribution in [-0.4, -0.2) is 5.96 Å². The van der Waals surface area contributed by atoms with Gasteiger partial charge in [-0.2, -0.15) is 0 Å². The number of nitrogens with one attached hydrogen (secondary N) is 1. The lowest BCUT2D eigenvalue weighted by Crippen LogP contribution is -2.24. The highest BCUT2D eigenvalue weighted by Gasteiger charge is 2.17. The fraction of sp³-hybridized carbons (Fsp3) is 0.148. The van der Waals surface area contributed by atoms with Crippen molar-refractivity contribution in [3.63, 3.8) is 0 Å². The third-order valence-corrected chi connectivity index (χ3v) is 5.89. The lowest BCUT2D eigenvalue weighted by atomic mass is 9.99. The van der Waals surface area contributed by atoms with E-state index in [1.54, 1.807) is 0 Å². The molecule has 148 valence electrons. The van der Waals surface area contributed by atoms with Crippen LogP contribution in [0, 0.1) is 0 Å². The summed E-state index contributed by atoms with van der Waals surface area (Å²) in [5.41, 5.74) is 12.7. The van der Waals surface area contributed by atoms with Gasteiger partial charge in [-0.25, -0.2) is 4.99 Å². The standard InChI is InChI=1S/C27H25N3/c28-27(29-24-17-16-22-15-14-21-12-7-13-23(24)26(21)22)30-25(20-10-5-2-6-11-20)18-19-8-3-1-4-9-19/h1-13,16-17,25H,14-15,18H2,(H3,28,29,30). The van der Waals surface area contributed by atoms with E-state index in [2.05, 4.69) is 84.2 Å². The molecule has 0 heterocycles. The summed E-state index contributed by atoms with van der Waals surface area (Å²) in [5, 5.41) is 5.98. The third-order valence-electron chi connectivity index (χ3n) is 5.89. The Kier molecular flexibility index (Phi) is 4.94. The van der Waals surface area contributed by atoms with E-state index in [1.165, 1.54) is 27.5 Å². The molecule has 0 aliphatic heterocycles. The van der Waals surface area contributed by atoms with Gasteiger partial charge in [0.1, 0.15) is 0 Å². The summed E-state index contributed by atoms with van der Waals surface area (Å²) >= 11 is 0. The summed E-state index contributed by atoms with van der Waals surface area (Å²) in [7, 11) is 0. The highest BCUT2D eigenvalue weighted by Crippen LogP contribution is 2.35. The van der Waals surface area contributed by atoms with Crippen LogP contribution in [0.1, 0.15) is 28.3 Å². The van der Waals surface area contributed by atoms with Crippen molar-refractivity contribution in [2.75, 3.05) is 5.32 Å². The molecule has 3 nitrogen and oxygen atoms in total. The molecular weight excluding hydrogens is 366 g/mol. The van der Waals surface area contributed by atoms with Crippen molar-refractivity contribution < 1.29 is 0 Å². The van der Waals surface area contributed by atoms with Gasteiger partial charge in [-0.05, 0) is 53.0 Å². The van der Waals surface area contributed by atoms with Gasteiger partial charge in [0.15, 0.2) is 5.96 Å². The largest absolute Gasteiger partial charge is 0.370 e. The first-order valence-corrected chi connectivity index (χ1v) is 10.5. The number of nitrogens with zero attached hydrogens (tertiary/aromatic N) is 1. The van der Waals surface area contributed by atoms with E-state index in [4.69, 9.17) is 10.7 Å². The van der Waals surface area contributed by atoms with E-state index in [1.807, 2.05) is 12.1 Å². The average Bonchev–Trinajstić information content (AvgIpc) is 3.21. The molecule has 1 unspecified atom stereocenters. The highest BCUT2D eigenvalue weighted by molar-refractivity contribution is 6.05. The number of hydrogen-bond acceptors (Lipinski definition) is 1. The Hall–Kier alpha value is -3.59. The second-order valence-corrected chi connectivity index (χ2v) is 7.87. The van der Waals surface area contributed by atoms with Crippen molar-refractivity contribution in [1.82, 2.24) is 0 Å². The summed E-state index contributed by atoms with van der Waals surface area (Å²) in [5.74, 6) is 0.443. The number of guanidine groups is 1.